The Morgan fingerprint density at radius 3 is 2.53 bits per heavy atom. The van der Waals surface area contributed by atoms with Crippen LogP contribution in [-0.2, 0) is 11.3 Å². The van der Waals surface area contributed by atoms with Crippen LogP contribution in [0.1, 0.15) is 29.8 Å². The van der Waals surface area contributed by atoms with Gasteiger partial charge in [-0.2, -0.15) is 0 Å². The number of hydrogen-bond donors (Lipinski definition) is 0. The minimum absolute atomic E-state index is 0.168. The van der Waals surface area contributed by atoms with Crippen LogP contribution in [0.3, 0.4) is 0 Å². The Morgan fingerprint density at radius 1 is 1.35 bits per heavy atom. The third kappa shape index (κ3) is 1.90. The summed E-state index contributed by atoms with van der Waals surface area (Å²) >= 11 is 0. The van der Waals surface area contributed by atoms with Gasteiger partial charge in [0.1, 0.15) is 0 Å². The Labute approximate surface area is 99.9 Å². The number of carboxylic acid groups (broad SMARTS) is 1. The van der Waals surface area contributed by atoms with Crippen molar-refractivity contribution in [2.24, 2.45) is 5.92 Å². The van der Waals surface area contributed by atoms with Crippen LogP contribution < -0.4 is 5.11 Å². The van der Waals surface area contributed by atoms with Crippen LogP contribution in [0.15, 0.2) is 24.3 Å². The molecule has 1 heterocycles. The number of rotatable bonds is 3. The molecule has 0 radical (unpaired) electrons. The molecule has 0 spiro atoms. The summed E-state index contributed by atoms with van der Waals surface area (Å²) in [5, 5.41) is 11.1. The van der Waals surface area contributed by atoms with E-state index in [0.717, 1.165) is 5.56 Å². The standard InChI is InChI=1S/C13H15NO3/c1-8(2)11(13(16)17)14-7-9-5-3-4-6-10(9)12(14)15/h3-6,8,11H,7H2,1-2H3,(H,16,17)/p-1/t11-/m0/s1. The number of carbonyl (C=O) groups is 2. The number of hydrogen-bond acceptors (Lipinski definition) is 3. The predicted molar refractivity (Wildman–Crippen MR) is 59.9 cm³/mol. The molecule has 17 heavy (non-hydrogen) atoms. The number of carbonyl (C=O) groups excluding carboxylic acids is 2. The Balaban J connectivity index is 2.33. The first-order valence-corrected chi connectivity index (χ1v) is 5.62. The normalized spacial score (nSPS) is 16.2. The fraction of sp³-hybridized carbons (Fsp3) is 0.385. The van der Waals surface area contributed by atoms with Gasteiger partial charge in [0.25, 0.3) is 5.91 Å². The minimum Gasteiger partial charge on any atom is -0.548 e. The lowest BCUT2D eigenvalue weighted by atomic mass is 10.0. The fourth-order valence-electron chi connectivity index (χ4n) is 2.26. The maximum atomic E-state index is 12.1. The fourth-order valence-corrected chi connectivity index (χ4v) is 2.26. The highest BCUT2D eigenvalue weighted by Gasteiger charge is 2.34. The summed E-state index contributed by atoms with van der Waals surface area (Å²) in [6.07, 6.45) is 0. The lowest BCUT2D eigenvalue weighted by molar-refractivity contribution is -0.312. The van der Waals surface area contributed by atoms with Gasteiger partial charge in [-0.1, -0.05) is 32.0 Å². The van der Waals surface area contributed by atoms with Crippen LogP contribution in [0.25, 0.3) is 0 Å². The molecule has 1 amide bonds. The second kappa shape index (κ2) is 4.20. The first-order chi connectivity index (χ1) is 8.02. The third-order valence-electron chi connectivity index (χ3n) is 3.06. The molecule has 0 saturated carbocycles. The predicted octanol–water partition coefficient (Wildman–Crippen LogP) is 0.417. The zero-order valence-electron chi connectivity index (χ0n) is 9.84. The quantitative estimate of drug-likeness (QED) is 0.758. The number of carboxylic acids is 1. The summed E-state index contributed by atoms with van der Waals surface area (Å²) in [7, 11) is 0. The highest BCUT2D eigenvalue weighted by molar-refractivity contribution is 6.00. The van der Waals surface area contributed by atoms with Gasteiger partial charge in [0.15, 0.2) is 0 Å². The van der Waals surface area contributed by atoms with Crippen molar-refractivity contribution in [2.45, 2.75) is 26.4 Å². The molecule has 90 valence electrons. The second-order valence-electron chi connectivity index (χ2n) is 4.60. The van der Waals surface area contributed by atoms with Crippen LogP contribution in [-0.4, -0.2) is 22.8 Å². The maximum Gasteiger partial charge on any atom is 0.255 e. The van der Waals surface area contributed by atoms with E-state index in [2.05, 4.69) is 0 Å². The molecule has 1 aliphatic heterocycles. The summed E-state index contributed by atoms with van der Waals surface area (Å²) in [6, 6.07) is 6.34. The molecule has 0 aromatic heterocycles. The van der Waals surface area contributed by atoms with E-state index in [9.17, 15) is 14.7 Å². The number of aliphatic carboxylic acids is 1. The summed E-state index contributed by atoms with van der Waals surface area (Å²) in [5.74, 6) is -1.58. The largest absolute Gasteiger partial charge is 0.548 e. The van der Waals surface area contributed by atoms with E-state index in [-0.39, 0.29) is 11.8 Å². The van der Waals surface area contributed by atoms with Crippen molar-refractivity contribution in [1.29, 1.82) is 0 Å². The molecule has 0 bridgehead atoms. The summed E-state index contributed by atoms with van der Waals surface area (Å²) < 4.78 is 0. The number of amides is 1. The first-order valence-electron chi connectivity index (χ1n) is 5.62. The van der Waals surface area contributed by atoms with Crippen molar-refractivity contribution in [2.75, 3.05) is 0 Å². The molecular formula is C13H14NO3-. The van der Waals surface area contributed by atoms with E-state index in [1.54, 1.807) is 26.0 Å². The van der Waals surface area contributed by atoms with Crippen molar-refractivity contribution in [3.05, 3.63) is 35.4 Å². The van der Waals surface area contributed by atoms with Crippen molar-refractivity contribution >= 4 is 11.9 Å². The van der Waals surface area contributed by atoms with Gasteiger partial charge in [-0.15, -0.1) is 0 Å². The molecule has 0 N–H and O–H groups in total. The highest BCUT2D eigenvalue weighted by Crippen LogP contribution is 2.26. The number of nitrogens with zero attached hydrogens (tertiary/aromatic N) is 1. The van der Waals surface area contributed by atoms with Gasteiger partial charge >= 0.3 is 0 Å². The van der Waals surface area contributed by atoms with Crippen LogP contribution in [0.5, 0.6) is 0 Å². The molecule has 0 aliphatic carbocycles. The molecule has 1 aromatic carbocycles. The van der Waals surface area contributed by atoms with E-state index < -0.39 is 12.0 Å². The summed E-state index contributed by atoms with van der Waals surface area (Å²) in [4.78, 5) is 24.6. The molecule has 0 saturated heterocycles. The smallest absolute Gasteiger partial charge is 0.255 e. The molecule has 1 aromatic rings. The SMILES string of the molecule is CC(C)[C@@H](C(=O)[O-])N1Cc2ccccc2C1=O. The minimum atomic E-state index is -1.19. The molecule has 0 unspecified atom stereocenters. The van der Waals surface area contributed by atoms with Crippen LogP contribution >= 0.6 is 0 Å². The molecule has 4 nitrogen and oxygen atoms in total. The zero-order valence-corrected chi connectivity index (χ0v) is 9.84. The van der Waals surface area contributed by atoms with Gasteiger partial charge in [-0.3, -0.25) is 4.79 Å². The number of fused-ring (bicyclic) bond motifs is 1. The van der Waals surface area contributed by atoms with Gasteiger partial charge < -0.3 is 14.8 Å². The second-order valence-corrected chi connectivity index (χ2v) is 4.60. The van der Waals surface area contributed by atoms with Gasteiger partial charge in [-0.25, -0.2) is 0 Å². The average molecular weight is 232 g/mol. The molecule has 1 atom stereocenters. The molecular weight excluding hydrogens is 218 g/mol. The van der Waals surface area contributed by atoms with Gasteiger partial charge in [0.2, 0.25) is 0 Å². The van der Waals surface area contributed by atoms with E-state index in [0.29, 0.717) is 12.1 Å². The number of benzene rings is 1. The molecule has 1 aliphatic rings. The van der Waals surface area contributed by atoms with Crippen LogP contribution in [0, 0.1) is 5.92 Å². The van der Waals surface area contributed by atoms with E-state index in [1.807, 2.05) is 12.1 Å². The molecule has 0 fully saturated rings. The first kappa shape index (κ1) is 11.6. The third-order valence-corrected chi connectivity index (χ3v) is 3.06. The maximum absolute atomic E-state index is 12.1. The van der Waals surface area contributed by atoms with E-state index in [4.69, 9.17) is 0 Å². The van der Waals surface area contributed by atoms with Gasteiger partial charge in [0.05, 0.1) is 12.0 Å². The average Bonchev–Trinajstić information content (AvgIpc) is 2.56. The molecule has 4 heteroatoms. The van der Waals surface area contributed by atoms with Crippen molar-refractivity contribution in [1.82, 2.24) is 4.90 Å². The van der Waals surface area contributed by atoms with E-state index in [1.165, 1.54) is 4.90 Å². The zero-order chi connectivity index (χ0) is 12.6. The van der Waals surface area contributed by atoms with Gasteiger partial charge in [0, 0.05) is 12.1 Å². The van der Waals surface area contributed by atoms with Crippen molar-refractivity contribution < 1.29 is 14.7 Å². The highest BCUT2D eigenvalue weighted by atomic mass is 16.4. The Hall–Kier alpha value is -1.84. The molecule has 2 rings (SSSR count). The van der Waals surface area contributed by atoms with Crippen molar-refractivity contribution in [3.8, 4) is 0 Å². The van der Waals surface area contributed by atoms with Crippen LogP contribution in [0.2, 0.25) is 0 Å². The Morgan fingerprint density at radius 2 is 2.00 bits per heavy atom. The topological polar surface area (TPSA) is 60.4 Å². The monoisotopic (exact) mass is 232 g/mol. The van der Waals surface area contributed by atoms with Crippen molar-refractivity contribution in [3.63, 3.8) is 0 Å². The van der Waals surface area contributed by atoms with Gasteiger partial charge in [-0.05, 0) is 17.5 Å². The lowest BCUT2D eigenvalue weighted by Crippen LogP contribution is -2.51. The lowest BCUT2D eigenvalue weighted by Gasteiger charge is -2.31. The summed E-state index contributed by atoms with van der Waals surface area (Å²) in [6.45, 7) is 3.90. The van der Waals surface area contributed by atoms with E-state index >= 15 is 0 Å². The summed E-state index contributed by atoms with van der Waals surface area (Å²) in [5.41, 5.74) is 1.48. The Kier molecular flexibility index (Phi) is 2.88. The van der Waals surface area contributed by atoms with Crippen LogP contribution in [0.4, 0.5) is 0 Å². The Bertz CT molecular complexity index is 467.